The van der Waals surface area contributed by atoms with E-state index in [1.54, 1.807) is 5.56 Å². The van der Waals surface area contributed by atoms with E-state index >= 15 is 0 Å². The fourth-order valence-corrected chi connectivity index (χ4v) is 3.93. The first-order valence-corrected chi connectivity index (χ1v) is 7.26. The SMILES string of the molecule is CNCCC1CCSc2[nH]c3ccccc3c21. The van der Waals surface area contributed by atoms with E-state index in [1.807, 2.05) is 18.8 Å². The van der Waals surface area contributed by atoms with Crippen molar-refractivity contribution in [3.8, 4) is 0 Å². The summed E-state index contributed by atoms with van der Waals surface area (Å²) in [5.41, 5.74) is 2.86. The van der Waals surface area contributed by atoms with Gasteiger partial charge in [0.15, 0.2) is 0 Å². The highest BCUT2D eigenvalue weighted by molar-refractivity contribution is 7.99. The predicted octanol–water partition coefficient (Wildman–Crippen LogP) is 3.36. The Labute approximate surface area is 106 Å². The van der Waals surface area contributed by atoms with Crippen molar-refractivity contribution in [2.24, 2.45) is 0 Å². The minimum atomic E-state index is 0.717. The highest BCUT2D eigenvalue weighted by atomic mass is 32.2. The summed E-state index contributed by atoms with van der Waals surface area (Å²) in [7, 11) is 2.04. The third kappa shape index (κ3) is 1.98. The Kier molecular flexibility index (Phi) is 3.12. The van der Waals surface area contributed by atoms with Crippen LogP contribution in [0.3, 0.4) is 0 Å². The molecule has 0 spiro atoms. The molecule has 90 valence electrons. The summed E-state index contributed by atoms with van der Waals surface area (Å²) < 4.78 is 0. The number of para-hydroxylation sites is 1. The van der Waals surface area contributed by atoms with Crippen LogP contribution in [-0.4, -0.2) is 24.3 Å². The Bertz CT molecular complexity index is 518. The zero-order chi connectivity index (χ0) is 11.7. The number of thioether (sulfide) groups is 1. The van der Waals surface area contributed by atoms with Crippen molar-refractivity contribution < 1.29 is 0 Å². The summed E-state index contributed by atoms with van der Waals surface area (Å²) in [6.07, 6.45) is 2.55. The molecule has 0 radical (unpaired) electrons. The number of aromatic amines is 1. The van der Waals surface area contributed by atoms with Gasteiger partial charge in [-0.1, -0.05) is 18.2 Å². The lowest BCUT2D eigenvalue weighted by Crippen LogP contribution is -2.15. The van der Waals surface area contributed by atoms with Crippen LogP contribution in [0.15, 0.2) is 29.3 Å². The van der Waals surface area contributed by atoms with Gasteiger partial charge in [0, 0.05) is 16.7 Å². The first kappa shape index (κ1) is 11.2. The van der Waals surface area contributed by atoms with E-state index in [1.165, 1.54) is 34.5 Å². The molecule has 1 unspecified atom stereocenters. The zero-order valence-corrected chi connectivity index (χ0v) is 10.9. The number of fused-ring (bicyclic) bond motifs is 3. The Morgan fingerprint density at radius 1 is 1.41 bits per heavy atom. The van der Waals surface area contributed by atoms with Crippen LogP contribution >= 0.6 is 11.8 Å². The molecule has 1 atom stereocenters. The monoisotopic (exact) mass is 246 g/mol. The third-order valence-corrected chi connectivity index (χ3v) is 4.62. The summed E-state index contributed by atoms with van der Waals surface area (Å²) in [5.74, 6) is 1.96. The molecule has 3 heteroatoms. The molecule has 2 heterocycles. The maximum Gasteiger partial charge on any atom is 0.0768 e. The lowest BCUT2D eigenvalue weighted by atomic mass is 9.92. The molecule has 0 amide bonds. The van der Waals surface area contributed by atoms with E-state index in [2.05, 4.69) is 34.6 Å². The van der Waals surface area contributed by atoms with Gasteiger partial charge in [0.25, 0.3) is 0 Å². The molecule has 2 aromatic rings. The van der Waals surface area contributed by atoms with Gasteiger partial charge in [0.1, 0.15) is 0 Å². The lowest BCUT2D eigenvalue weighted by molar-refractivity contribution is 0.573. The number of aromatic nitrogens is 1. The Hall–Kier alpha value is -0.930. The highest BCUT2D eigenvalue weighted by Crippen LogP contribution is 2.42. The van der Waals surface area contributed by atoms with Crippen LogP contribution in [0.25, 0.3) is 10.9 Å². The van der Waals surface area contributed by atoms with Crippen molar-refractivity contribution in [3.05, 3.63) is 29.8 Å². The number of hydrogen-bond donors (Lipinski definition) is 2. The Morgan fingerprint density at radius 3 is 3.18 bits per heavy atom. The Balaban J connectivity index is 2.04. The molecule has 0 fully saturated rings. The fraction of sp³-hybridized carbons (Fsp3) is 0.429. The molecular formula is C14H18N2S. The van der Waals surface area contributed by atoms with Gasteiger partial charge in [-0.15, -0.1) is 11.8 Å². The molecular weight excluding hydrogens is 228 g/mol. The van der Waals surface area contributed by atoms with Gasteiger partial charge in [0.05, 0.1) is 5.03 Å². The first-order valence-electron chi connectivity index (χ1n) is 6.28. The largest absolute Gasteiger partial charge is 0.349 e. The van der Waals surface area contributed by atoms with E-state index in [0.29, 0.717) is 0 Å². The van der Waals surface area contributed by atoms with Gasteiger partial charge in [-0.2, -0.15) is 0 Å². The number of rotatable bonds is 3. The highest BCUT2D eigenvalue weighted by Gasteiger charge is 2.24. The second-order valence-electron chi connectivity index (χ2n) is 4.64. The number of H-pyrrole nitrogens is 1. The summed E-state index contributed by atoms with van der Waals surface area (Å²) in [6.45, 7) is 1.11. The minimum Gasteiger partial charge on any atom is -0.349 e. The fourth-order valence-electron chi connectivity index (χ4n) is 2.71. The molecule has 1 aromatic heterocycles. The van der Waals surface area contributed by atoms with Gasteiger partial charge >= 0.3 is 0 Å². The van der Waals surface area contributed by atoms with E-state index in [9.17, 15) is 0 Å². The number of benzene rings is 1. The molecule has 2 N–H and O–H groups in total. The smallest absolute Gasteiger partial charge is 0.0768 e. The van der Waals surface area contributed by atoms with E-state index in [4.69, 9.17) is 0 Å². The van der Waals surface area contributed by atoms with E-state index < -0.39 is 0 Å². The normalized spacial score (nSPS) is 19.5. The maximum absolute atomic E-state index is 3.56. The van der Waals surface area contributed by atoms with Crippen molar-refractivity contribution in [2.75, 3.05) is 19.3 Å². The number of nitrogens with one attached hydrogen (secondary N) is 2. The van der Waals surface area contributed by atoms with Crippen LogP contribution in [0.4, 0.5) is 0 Å². The van der Waals surface area contributed by atoms with E-state index in [-0.39, 0.29) is 0 Å². The average molecular weight is 246 g/mol. The Morgan fingerprint density at radius 2 is 2.29 bits per heavy atom. The van der Waals surface area contributed by atoms with Crippen LogP contribution < -0.4 is 5.32 Å². The summed E-state index contributed by atoms with van der Waals surface area (Å²) in [4.78, 5) is 3.56. The van der Waals surface area contributed by atoms with Crippen LogP contribution in [-0.2, 0) is 0 Å². The van der Waals surface area contributed by atoms with Crippen molar-refractivity contribution in [2.45, 2.75) is 23.8 Å². The first-order chi connectivity index (χ1) is 8.40. The van der Waals surface area contributed by atoms with Crippen LogP contribution in [0.2, 0.25) is 0 Å². The summed E-state index contributed by atoms with van der Waals surface area (Å²) in [6, 6.07) is 8.69. The van der Waals surface area contributed by atoms with Gasteiger partial charge in [0.2, 0.25) is 0 Å². The van der Waals surface area contributed by atoms with Crippen molar-refractivity contribution in [3.63, 3.8) is 0 Å². The van der Waals surface area contributed by atoms with Crippen LogP contribution in [0.5, 0.6) is 0 Å². The summed E-state index contributed by atoms with van der Waals surface area (Å²) in [5, 5.41) is 6.10. The molecule has 0 saturated heterocycles. The molecule has 3 rings (SSSR count). The lowest BCUT2D eigenvalue weighted by Gasteiger charge is -2.22. The average Bonchev–Trinajstić information content (AvgIpc) is 2.75. The standard InChI is InChI=1S/C14H18N2S/c1-15-8-6-10-7-9-17-14-13(10)11-4-2-3-5-12(11)16-14/h2-5,10,15-16H,6-9H2,1H3. The molecule has 0 aliphatic carbocycles. The maximum atomic E-state index is 3.56. The second kappa shape index (κ2) is 4.75. The van der Waals surface area contributed by atoms with Gasteiger partial charge < -0.3 is 10.3 Å². The molecule has 1 aliphatic heterocycles. The molecule has 1 aliphatic rings. The molecule has 2 nitrogen and oxygen atoms in total. The second-order valence-corrected chi connectivity index (χ2v) is 5.74. The van der Waals surface area contributed by atoms with Crippen molar-refractivity contribution in [1.82, 2.24) is 10.3 Å². The zero-order valence-electron chi connectivity index (χ0n) is 10.1. The predicted molar refractivity (Wildman–Crippen MR) is 74.9 cm³/mol. The topological polar surface area (TPSA) is 27.8 Å². The minimum absolute atomic E-state index is 0.717. The molecule has 0 bridgehead atoms. The van der Waals surface area contributed by atoms with Gasteiger partial charge in [-0.05, 0) is 44.0 Å². The molecule has 0 saturated carbocycles. The van der Waals surface area contributed by atoms with Gasteiger partial charge in [-0.3, -0.25) is 0 Å². The van der Waals surface area contributed by atoms with E-state index in [0.717, 1.165) is 12.5 Å². The third-order valence-electron chi connectivity index (χ3n) is 3.57. The van der Waals surface area contributed by atoms with Crippen LogP contribution in [0.1, 0.15) is 24.3 Å². The summed E-state index contributed by atoms with van der Waals surface area (Å²) >= 11 is 1.98. The molecule has 17 heavy (non-hydrogen) atoms. The molecule has 1 aromatic carbocycles. The van der Waals surface area contributed by atoms with Gasteiger partial charge in [-0.25, -0.2) is 0 Å². The van der Waals surface area contributed by atoms with Crippen molar-refractivity contribution in [1.29, 1.82) is 0 Å². The van der Waals surface area contributed by atoms with Crippen LogP contribution in [0, 0.1) is 0 Å². The van der Waals surface area contributed by atoms with Crippen molar-refractivity contribution >= 4 is 22.7 Å². The quantitative estimate of drug-likeness (QED) is 0.869. The number of hydrogen-bond acceptors (Lipinski definition) is 2.